The molecule has 0 aliphatic rings. The van der Waals surface area contributed by atoms with Gasteiger partial charge in [0.15, 0.2) is 0 Å². The van der Waals surface area contributed by atoms with Crippen LogP contribution in [0, 0.1) is 19.3 Å². The van der Waals surface area contributed by atoms with Crippen molar-refractivity contribution in [1.82, 2.24) is 0 Å². The number of benzene rings is 1. The maximum atomic E-state index is 9.16. The molecule has 1 aromatic rings. The van der Waals surface area contributed by atoms with Gasteiger partial charge in [0, 0.05) is 5.56 Å². The summed E-state index contributed by atoms with van der Waals surface area (Å²) in [6.45, 7) is 1.66. The third kappa shape index (κ3) is 1.13. The highest BCUT2D eigenvalue weighted by molar-refractivity contribution is 5.54. The minimum Gasteiger partial charge on any atom is -0.508 e. The van der Waals surface area contributed by atoms with E-state index in [2.05, 4.69) is 5.92 Å². The Bertz CT molecular complexity index is 321. The SMILES string of the molecule is C#Cc1c(O)ccc(O)c1C. The summed E-state index contributed by atoms with van der Waals surface area (Å²) >= 11 is 0. The summed E-state index contributed by atoms with van der Waals surface area (Å²) in [5.41, 5.74) is 0.887. The Morgan fingerprint density at radius 3 is 2.27 bits per heavy atom. The number of phenolic OH excluding ortho intramolecular Hbond substituents is 2. The molecule has 0 heterocycles. The maximum Gasteiger partial charge on any atom is 0.131 e. The van der Waals surface area contributed by atoms with Crippen LogP contribution in [0.4, 0.5) is 0 Å². The standard InChI is InChI=1S/C9H8O2/c1-3-7-6(2)8(10)4-5-9(7)11/h1,4-5,10-11H,2H3. The molecule has 2 heteroatoms. The number of rotatable bonds is 0. The molecule has 0 radical (unpaired) electrons. The van der Waals surface area contributed by atoms with E-state index in [1.807, 2.05) is 0 Å². The van der Waals surface area contributed by atoms with E-state index in [-0.39, 0.29) is 11.5 Å². The molecule has 0 atom stereocenters. The highest BCUT2D eigenvalue weighted by Crippen LogP contribution is 2.26. The van der Waals surface area contributed by atoms with Gasteiger partial charge in [-0.05, 0) is 19.1 Å². The van der Waals surface area contributed by atoms with Crippen molar-refractivity contribution in [2.75, 3.05) is 0 Å². The summed E-state index contributed by atoms with van der Waals surface area (Å²) in [6.07, 6.45) is 5.10. The average molecular weight is 148 g/mol. The Morgan fingerprint density at radius 2 is 1.82 bits per heavy atom. The van der Waals surface area contributed by atoms with Gasteiger partial charge in [0.05, 0.1) is 5.56 Å². The second-order valence-corrected chi connectivity index (χ2v) is 2.25. The van der Waals surface area contributed by atoms with E-state index >= 15 is 0 Å². The minimum absolute atomic E-state index is 0.0304. The monoisotopic (exact) mass is 148 g/mol. The Hall–Kier alpha value is -1.62. The van der Waals surface area contributed by atoms with Gasteiger partial charge in [0.2, 0.25) is 0 Å². The van der Waals surface area contributed by atoms with E-state index < -0.39 is 0 Å². The van der Waals surface area contributed by atoms with Crippen molar-refractivity contribution < 1.29 is 10.2 Å². The molecule has 0 amide bonds. The third-order valence-corrected chi connectivity index (χ3v) is 1.56. The maximum absolute atomic E-state index is 9.16. The van der Waals surface area contributed by atoms with E-state index in [4.69, 9.17) is 16.6 Å². The van der Waals surface area contributed by atoms with E-state index in [1.165, 1.54) is 12.1 Å². The average Bonchev–Trinajstić information content (AvgIpc) is 1.99. The first-order valence-corrected chi connectivity index (χ1v) is 3.15. The van der Waals surface area contributed by atoms with Gasteiger partial charge in [0.1, 0.15) is 11.5 Å². The van der Waals surface area contributed by atoms with Gasteiger partial charge in [-0.3, -0.25) is 0 Å². The number of hydrogen-bond donors (Lipinski definition) is 2. The van der Waals surface area contributed by atoms with Crippen LogP contribution in [0.15, 0.2) is 12.1 Å². The zero-order valence-corrected chi connectivity index (χ0v) is 6.13. The largest absolute Gasteiger partial charge is 0.508 e. The molecule has 56 valence electrons. The molecule has 0 aromatic heterocycles. The van der Waals surface area contributed by atoms with Crippen LogP contribution in [0.3, 0.4) is 0 Å². The lowest BCUT2D eigenvalue weighted by atomic mass is 10.1. The van der Waals surface area contributed by atoms with Crippen molar-refractivity contribution in [1.29, 1.82) is 0 Å². The summed E-state index contributed by atoms with van der Waals surface area (Å²) in [6, 6.07) is 2.78. The van der Waals surface area contributed by atoms with Crippen molar-refractivity contribution in [3.63, 3.8) is 0 Å². The van der Waals surface area contributed by atoms with Crippen LogP contribution in [-0.2, 0) is 0 Å². The number of hydrogen-bond acceptors (Lipinski definition) is 2. The molecule has 0 spiro atoms. The molecule has 2 nitrogen and oxygen atoms in total. The highest BCUT2D eigenvalue weighted by Gasteiger charge is 2.04. The number of aromatic hydroxyl groups is 2. The van der Waals surface area contributed by atoms with Gasteiger partial charge < -0.3 is 10.2 Å². The highest BCUT2D eigenvalue weighted by atomic mass is 16.3. The first-order valence-electron chi connectivity index (χ1n) is 3.15. The molecule has 0 aliphatic heterocycles. The Balaban J connectivity index is 3.44. The number of phenols is 2. The summed E-state index contributed by atoms with van der Waals surface area (Å²) in [7, 11) is 0. The first-order chi connectivity index (χ1) is 5.16. The zero-order valence-electron chi connectivity index (χ0n) is 6.13. The molecule has 1 aromatic carbocycles. The predicted octanol–water partition coefficient (Wildman–Crippen LogP) is 1.39. The second-order valence-electron chi connectivity index (χ2n) is 2.25. The Labute approximate surface area is 65.1 Å². The molecular formula is C9H8O2. The van der Waals surface area contributed by atoms with Crippen LogP contribution in [0.1, 0.15) is 11.1 Å². The molecule has 1 rings (SSSR count). The Morgan fingerprint density at radius 1 is 1.27 bits per heavy atom. The molecule has 0 bridgehead atoms. The van der Waals surface area contributed by atoms with Gasteiger partial charge in [-0.15, -0.1) is 6.42 Å². The topological polar surface area (TPSA) is 40.5 Å². The zero-order chi connectivity index (χ0) is 8.43. The van der Waals surface area contributed by atoms with Crippen LogP contribution >= 0.6 is 0 Å². The third-order valence-electron chi connectivity index (χ3n) is 1.56. The molecule has 0 saturated carbocycles. The molecule has 0 saturated heterocycles. The lowest BCUT2D eigenvalue weighted by Gasteiger charge is -2.02. The van der Waals surface area contributed by atoms with Gasteiger partial charge in [0.25, 0.3) is 0 Å². The normalized spacial score (nSPS) is 9.09. The summed E-state index contributed by atoms with van der Waals surface area (Å²) in [4.78, 5) is 0. The lowest BCUT2D eigenvalue weighted by Crippen LogP contribution is -1.83. The van der Waals surface area contributed by atoms with Crippen LogP contribution in [-0.4, -0.2) is 10.2 Å². The Kier molecular flexibility index (Phi) is 1.74. The van der Waals surface area contributed by atoms with Crippen LogP contribution in [0.2, 0.25) is 0 Å². The smallest absolute Gasteiger partial charge is 0.131 e. The summed E-state index contributed by atoms with van der Waals surface area (Å²) in [5, 5.41) is 18.3. The molecule has 11 heavy (non-hydrogen) atoms. The number of terminal acetylenes is 1. The predicted molar refractivity (Wildman–Crippen MR) is 42.4 cm³/mol. The van der Waals surface area contributed by atoms with Crippen molar-refractivity contribution in [2.45, 2.75) is 6.92 Å². The van der Waals surface area contributed by atoms with E-state index in [0.29, 0.717) is 11.1 Å². The molecule has 0 unspecified atom stereocenters. The fraction of sp³-hybridized carbons (Fsp3) is 0.111. The van der Waals surface area contributed by atoms with Gasteiger partial charge >= 0.3 is 0 Å². The van der Waals surface area contributed by atoms with E-state index in [0.717, 1.165) is 0 Å². The van der Waals surface area contributed by atoms with Gasteiger partial charge in [-0.1, -0.05) is 5.92 Å². The van der Waals surface area contributed by atoms with Crippen molar-refractivity contribution in [3.05, 3.63) is 23.3 Å². The quantitative estimate of drug-likeness (QED) is 0.431. The molecule has 0 fully saturated rings. The van der Waals surface area contributed by atoms with Crippen LogP contribution in [0.5, 0.6) is 11.5 Å². The summed E-state index contributed by atoms with van der Waals surface area (Å²) in [5.74, 6) is 2.43. The fourth-order valence-electron chi connectivity index (χ4n) is 0.869. The minimum atomic E-state index is 0.0304. The lowest BCUT2D eigenvalue weighted by molar-refractivity contribution is 0.455. The first kappa shape index (κ1) is 7.49. The van der Waals surface area contributed by atoms with Crippen molar-refractivity contribution in [2.24, 2.45) is 0 Å². The molecule has 2 N–H and O–H groups in total. The van der Waals surface area contributed by atoms with Crippen molar-refractivity contribution in [3.8, 4) is 23.8 Å². The van der Waals surface area contributed by atoms with E-state index in [9.17, 15) is 0 Å². The van der Waals surface area contributed by atoms with Crippen molar-refractivity contribution >= 4 is 0 Å². The fourth-order valence-corrected chi connectivity index (χ4v) is 0.869. The van der Waals surface area contributed by atoms with Crippen LogP contribution in [0.25, 0.3) is 0 Å². The second kappa shape index (κ2) is 2.55. The van der Waals surface area contributed by atoms with Gasteiger partial charge in [-0.2, -0.15) is 0 Å². The molecular weight excluding hydrogens is 140 g/mol. The van der Waals surface area contributed by atoms with Crippen LogP contribution < -0.4 is 0 Å². The van der Waals surface area contributed by atoms with Gasteiger partial charge in [-0.25, -0.2) is 0 Å². The van der Waals surface area contributed by atoms with E-state index in [1.54, 1.807) is 6.92 Å². The molecule has 0 aliphatic carbocycles. The summed E-state index contributed by atoms with van der Waals surface area (Å²) < 4.78 is 0.